The van der Waals surface area contributed by atoms with Gasteiger partial charge in [0.25, 0.3) is 0 Å². The average molecular weight is 1170 g/mol. The summed E-state index contributed by atoms with van der Waals surface area (Å²) < 4.78 is 10.8. The van der Waals surface area contributed by atoms with Crippen molar-refractivity contribution in [3.8, 4) is 0 Å². The molecule has 0 heterocycles. The second kappa shape index (κ2) is 73.8. The SMILES string of the molecule is CC/C=C\C/C=C\C/C=C\C/C=C\C/C=C\C/C=C\C/C=C\CCCCCCCCCC(=O)OC(CO)COC(=O)CCCCCCCCCCCCCCCCCCCCCCCCCCCCCCC/C=C\C/C=C\CCCCCCC. The Morgan fingerprint density at radius 1 is 0.286 bits per heavy atom. The van der Waals surface area contributed by atoms with Crippen molar-refractivity contribution in [2.45, 2.75) is 367 Å². The van der Waals surface area contributed by atoms with E-state index in [1.165, 1.54) is 238 Å². The normalized spacial score (nSPS) is 12.8. The molecule has 0 fully saturated rings. The summed E-state index contributed by atoms with van der Waals surface area (Å²) in [7, 11) is 0. The van der Waals surface area contributed by atoms with Crippen molar-refractivity contribution >= 4 is 11.9 Å². The minimum absolute atomic E-state index is 0.0724. The Balaban J connectivity index is 3.44. The van der Waals surface area contributed by atoms with Crippen molar-refractivity contribution in [3.05, 3.63) is 109 Å². The van der Waals surface area contributed by atoms with Crippen molar-refractivity contribution in [2.75, 3.05) is 13.2 Å². The molecule has 484 valence electrons. The van der Waals surface area contributed by atoms with Crippen LogP contribution in [0.1, 0.15) is 361 Å². The van der Waals surface area contributed by atoms with Crippen molar-refractivity contribution in [1.29, 1.82) is 0 Å². The predicted octanol–water partition coefficient (Wildman–Crippen LogP) is 25.5. The second-order valence-corrected chi connectivity index (χ2v) is 24.3. The lowest BCUT2D eigenvalue weighted by molar-refractivity contribution is -0.161. The zero-order chi connectivity index (χ0) is 60.5. The molecule has 0 bridgehead atoms. The van der Waals surface area contributed by atoms with Crippen LogP contribution in [-0.2, 0) is 19.1 Å². The van der Waals surface area contributed by atoms with Gasteiger partial charge in [-0.1, -0.05) is 354 Å². The quantitative estimate of drug-likeness (QED) is 0.0373. The first-order valence-corrected chi connectivity index (χ1v) is 36.4. The van der Waals surface area contributed by atoms with Crippen LogP contribution >= 0.6 is 0 Å². The first kappa shape index (κ1) is 80.6. The number of esters is 2. The summed E-state index contributed by atoms with van der Waals surface area (Å²) in [4.78, 5) is 24.7. The van der Waals surface area contributed by atoms with E-state index in [0.717, 1.165) is 96.3 Å². The maximum absolute atomic E-state index is 12.4. The van der Waals surface area contributed by atoms with Crippen LogP contribution in [0.15, 0.2) is 109 Å². The summed E-state index contributed by atoms with van der Waals surface area (Å²) in [6.45, 7) is 4.04. The lowest BCUT2D eigenvalue weighted by atomic mass is 10.0. The molecule has 0 spiro atoms. The molecule has 0 saturated carbocycles. The molecule has 5 heteroatoms. The monoisotopic (exact) mass is 1170 g/mol. The molecule has 1 N–H and O–H groups in total. The highest BCUT2D eigenvalue weighted by Crippen LogP contribution is 2.18. The van der Waals surface area contributed by atoms with Gasteiger partial charge < -0.3 is 14.6 Å². The molecule has 0 amide bonds. The van der Waals surface area contributed by atoms with E-state index in [1.807, 2.05) is 0 Å². The second-order valence-electron chi connectivity index (χ2n) is 24.3. The zero-order valence-corrected chi connectivity index (χ0v) is 55.6. The van der Waals surface area contributed by atoms with Crippen LogP contribution in [0, 0.1) is 0 Å². The molecule has 0 rings (SSSR count). The van der Waals surface area contributed by atoms with Crippen LogP contribution in [0.5, 0.6) is 0 Å². The molecule has 0 aliphatic carbocycles. The van der Waals surface area contributed by atoms with Crippen molar-refractivity contribution in [1.82, 2.24) is 0 Å². The van der Waals surface area contributed by atoms with E-state index in [4.69, 9.17) is 9.47 Å². The molecule has 84 heavy (non-hydrogen) atoms. The maximum Gasteiger partial charge on any atom is 0.306 e. The van der Waals surface area contributed by atoms with Crippen molar-refractivity contribution < 1.29 is 24.2 Å². The lowest BCUT2D eigenvalue weighted by Gasteiger charge is -2.15. The van der Waals surface area contributed by atoms with E-state index in [1.54, 1.807) is 0 Å². The number of allylic oxidation sites excluding steroid dienone is 18. The number of aliphatic hydroxyl groups is 1. The van der Waals surface area contributed by atoms with Crippen LogP contribution in [0.4, 0.5) is 0 Å². The summed E-state index contributed by atoms with van der Waals surface area (Å²) >= 11 is 0. The van der Waals surface area contributed by atoms with Gasteiger partial charge in [0.1, 0.15) is 6.61 Å². The van der Waals surface area contributed by atoms with Crippen molar-refractivity contribution in [2.24, 2.45) is 0 Å². The largest absolute Gasteiger partial charge is 0.462 e. The van der Waals surface area contributed by atoms with Gasteiger partial charge in [-0.05, 0) is 103 Å². The van der Waals surface area contributed by atoms with Gasteiger partial charge in [-0.2, -0.15) is 0 Å². The first-order valence-electron chi connectivity index (χ1n) is 36.4. The molecule has 0 aliphatic rings. The van der Waals surface area contributed by atoms with Crippen LogP contribution in [0.3, 0.4) is 0 Å². The molecular formula is C79H138O5. The van der Waals surface area contributed by atoms with Gasteiger partial charge in [0.05, 0.1) is 6.61 Å². The Morgan fingerprint density at radius 3 is 0.774 bits per heavy atom. The lowest BCUT2D eigenvalue weighted by Crippen LogP contribution is -2.28. The summed E-state index contributed by atoms with van der Waals surface area (Å²) in [5.74, 6) is -0.594. The van der Waals surface area contributed by atoms with Crippen LogP contribution in [0.25, 0.3) is 0 Å². The van der Waals surface area contributed by atoms with Gasteiger partial charge in [-0.25, -0.2) is 0 Å². The van der Waals surface area contributed by atoms with E-state index in [9.17, 15) is 14.7 Å². The number of aliphatic hydroxyl groups excluding tert-OH is 1. The standard InChI is InChI=1S/C79H138O5/c1-3-5-7-9-11-13-15-17-19-21-23-25-27-29-31-33-34-35-36-37-38-39-40-41-42-43-44-46-47-49-51-53-55-57-59-61-63-65-67-69-71-73-78(81)83-76-77(75-80)84-79(82)74-72-70-68-66-64-62-60-58-56-54-52-50-48-45-32-30-28-26-24-22-20-18-16-14-12-10-8-6-4-2/h6,8,12,14-15,17-18,20-21,23-24,26,30,32,48,50,54,56,77,80H,3-5,7,9-11,13,16,19,22,25,27-29,31,33-47,49,51-53,55,57-76H2,1-2H3/b8-6-,14-12-,17-15-,20-18-,23-21-,26-24-,32-30-,50-48-,56-54-. The fraction of sp³-hybridized carbons (Fsp3) is 0.747. The molecule has 1 atom stereocenters. The van der Waals surface area contributed by atoms with Crippen molar-refractivity contribution in [3.63, 3.8) is 0 Å². The third kappa shape index (κ3) is 71.0. The molecule has 1 unspecified atom stereocenters. The average Bonchev–Trinajstić information content (AvgIpc) is 3.51. The summed E-state index contributed by atoms with van der Waals surface area (Å²) in [5.41, 5.74) is 0. The molecule has 0 aliphatic heterocycles. The number of carbonyl (C=O) groups is 2. The smallest absolute Gasteiger partial charge is 0.306 e. The molecule has 5 nitrogen and oxygen atoms in total. The van der Waals surface area contributed by atoms with Gasteiger partial charge in [0, 0.05) is 12.8 Å². The molecule has 0 radical (unpaired) electrons. The Bertz CT molecular complexity index is 1610. The van der Waals surface area contributed by atoms with Gasteiger partial charge in [0.2, 0.25) is 0 Å². The fourth-order valence-electron chi connectivity index (χ4n) is 10.6. The first-order chi connectivity index (χ1) is 41.6. The number of ether oxygens (including phenoxy) is 2. The Morgan fingerprint density at radius 2 is 0.512 bits per heavy atom. The highest BCUT2D eigenvalue weighted by molar-refractivity contribution is 5.70. The van der Waals surface area contributed by atoms with Gasteiger partial charge >= 0.3 is 11.9 Å². The maximum atomic E-state index is 12.4. The third-order valence-electron chi connectivity index (χ3n) is 16.1. The zero-order valence-electron chi connectivity index (χ0n) is 55.6. The molecule has 0 aromatic rings. The van der Waals surface area contributed by atoms with E-state index < -0.39 is 6.10 Å². The minimum atomic E-state index is -0.785. The number of hydrogen-bond donors (Lipinski definition) is 1. The van der Waals surface area contributed by atoms with E-state index in [2.05, 4.69) is 123 Å². The summed E-state index contributed by atoms with van der Waals surface area (Å²) in [5, 5.41) is 9.70. The summed E-state index contributed by atoms with van der Waals surface area (Å²) in [6, 6.07) is 0. The molecule has 0 saturated heterocycles. The van der Waals surface area contributed by atoms with E-state index >= 15 is 0 Å². The molecule has 0 aromatic carbocycles. The number of rotatable bonds is 67. The van der Waals surface area contributed by atoms with Crippen LogP contribution in [0.2, 0.25) is 0 Å². The van der Waals surface area contributed by atoms with Gasteiger partial charge in [-0.3, -0.25) is 9.59 Å². The Hall–Kier alpha value is -3.44. The number of carbonyl (C=O) groups excluding carboxylic acids is 2. The van der Waals surface area contributed by atoms with Crippen LogP contribution in [-0.4, -0.2) is 36.4 Å². The van der Waals surface area contributed by atoms with E-state index in [-0.39, 0.29) is 25.2 Å². The van der Waals surface area contributed by atoms with Gasteiger partial charge in [0.15, 0.2) is 6.10 Å². The predicted molar refractivity (Wildman–Crippen MR) is 371 cm³/mol. The minimum Gasteiger partial charge on any atom is -0.462 e. The topological polar surface area (TPSA) is 72.8 Å². The highest BCUT2D eigenvalue weighted by atomic mass is 16.6. The highest BCUT2D eigenvalue weighted by Gasteiger charge is 2.16. The molecule has 0 aromatic heterocycles. The Kier molecular flexibility index (Phi) is 70.8. The number of unbranched alkanes of at least 4 members (excludes halogenated alkanes) is 41. The molecular weight excluding hydrogens is 1030 g/mol. The Labute approximate surface area is 522 Å². The van der Waals surface area contributed by atoms with Crippen LogP contribution < -0.4 is 0 Å². The van der Waals surface area contributed by atoms with Gasteiger partial charge in [-0.15, -0.1) is 0 Å². The number of hydrogen-bond acceptors (Lipinski definition) is 5. The summed E-state index contributed by atoms with van der Waals surface area (Å²) in [6.07, 6.45) is 107. The van der Waals surface area contributed by atoms with E-state index in [0.29, 0.717) is 12.8 Å². The third-order valence-corrected chi connectivity index (χ3v) is 16.1. The fourth-order valence-corrected chi connectivity index (χ4v) is 10.6.